The highest BCUT2D eigenvalue weighted by Crippen LogP contribution is 2.28. The van der Waals surface area contributed by atoms with Gasteiger partial charge in [0.1, 0.15) is 5.82 Å². The normalized spacial score (nSPS) is 21.0. The van der Waals surface area contributed by atoms with Gasteiger partial charge in [-0.1, -0.05) is 17.7 Å². The molecule has 25 heavy (non-hydrogen) atoms. The lowest BCUT2D eigenvalue weighted by atomic mass is 9.93. The second kappa shape index (κ2) is 7.44. The number of H-pyrrole nitrogens is 1. The molecule has 0 amide bonds. The molecule has 2 N–H and O–H groups in total. The maximum absolute atomic E-state index is 12.4. The quantitative estimate of drug-likeness (QED) is 0.883. The van der Waals surface area contributed by atoms with Crippen molar-refractivity contribution in [2.24, 2.45) is 5.92 Å². The maximum Gasteiger partial charge on any atom is 0.258 e. The van der Waals surface area contributed by atoms with Crippen LogP contribution in [-0.2, 0) is 0 Å². The van der Waals surface area contributed by atoms with E-state index in [1.165, 1.54) is 19.4 Å². The first-order valence-electron chi connectivity index (χ1n) is 9.32. The van der Waals surface area contributed by atoms with Gasteiger partial charge < -0.3 is 15.2 Å². The summed E-state index contributed by atoms with van der Waals surface area (Å²) in [6, 6.07) is 5.36. The van der Waals surface area contributed by atoms with E-state index in [1.54, 1.807) is 18.2 Å². The lowest BCUT2D eigenvalue weighted by Crippen LogP contribution is -2.40. The number of rotatable bonds is 3. The lowest BCUT2D eigenvalue weighted by Gasteiger charge is -2.35. The minimum absolute atomic E-state index is 0.0837. The van der Waals surface area contributed by atoms with E-state index < -0.39 is 0 Å². The molecule has 2 aromatic rings. The summed E-state index contributed by atoms with van der Waals surface area (Å²) < 4.78 is 0. The summed E-state index contributed by atoms with van der Waals surface area (Å²) in [4.78, 5) is 22.6. The largest absolute Gasteiger partial charge is 0.317 e. The third-order valence-electron chi connectivity index (χ3n) is 5.65. The number of hydrogen-bond donors (Lipinski definition) is 2. The van der Waals surface area contributed by atoms with Gasteiger partial charge in [0.05, 0.1) is 15.9 Å². The maximum atomic E-state index is 12.4. The molecule has 0 atom stereocenters. The molecule has 5 nitrogen and oxygen atoms in total. The van der Waals surface area contributed by atoms with E-state index in [9.17, 15) is 4.79 Å². The molecule has 1 aromatic carbocycles. The van der Waals surface area contributed by atoms with Crippen LogP contribution in [0.1, 0.15) is 37.4 Å². The van der Waals surface area contributed by atoms with Gasteiger partial charge in [-0.25, -0.2) is 4.98 Å². The number of aromatic nitrogens is 2. The molecule has 6 heteroatoms. The number of likely N-dealkylation sites (tertiary alicyclic amines) is 1. The number of aromatic amines is 1. The Kier molecular flexibility index (Phi) is 5.06. The summed E-state index contributed by atoms with van der Waals surface area (Å²) in [7, 11) is 0. The molecule has 0 saturated carbocycles. The predicted octanol–water partition coefficient (Wildman–Crippen LogP) is 2.76. The van der Waals surface area contributed by atoms with E-state index in [1.807, 2.05) is 0 Å². The van der Waals surface area contributed by atoms with Crippen LogP contribution in [0.2, 0.25) is 5.02 Å². The minimum Gasteiger partial charge on any atom is -0.317 e. The number of hydrogen-bond acceptors (Lipinski definition) is 4. The number of halogens is 1. The van der Waals surface area contributed by atoms with Crippen molar-refractivity contribution in [1.29, 1.82) is 0 Å². The molecule has 2 saturated heterocycles. The predicted molar refractivity (Wildman–Crippen MR) is 101 cm³/mol. The molecule has 134 valence electrons. The van der Waals surface area contributed by atoms with Crippen molar-refractivity contribution in [3.63, 3.8) is 0 Å². The Morgan fingerprint density at radius 1 is 1.16 bits per heavy atom. The van der Waals surface area contributed by atoms with Crippen LogP contribution in [-0.4, -0.2) is 47.6 Å². The van der Waals surface area contributed by atoms with Crippen molar-refractivity contribution in [3.8, 4) is 0 Å². The number of para-hydroxylation sites is 1. The smallest absolute Gasteiger partial charge is 0.258 e. The van der Waals surface area contributed by atoms with E-state index in [4.69, 9.17) is 11.6 Å². The highest BCUT2D eigenvalue weighted by Gasteiger charge is 2.25. The van der Waals surface area contributed by atoms with Gasteiger partial charge in [-0.2, -0.15) is 0 Å². The number of fused-ring (bicyclic) bond motifs is 1. The van der Waals surface area contributed by atoms with Crippen LogP contribution in [0.15, 0.2) is 23.0 Å². The monoisotopic (exact) mass is 360 g/mol. The molecule has 2 aliphatic heterocycles. The van der Waals surface area contributed by atoms with Gasteiger partial charge in [-0.05, 0) is 69.9 Å². The van der Waals surface area contributed by atoms with E-state index in [0.29, 0.717) is 21.8 Å². The van der Waals surface area contributed by atoms with Gasteiger partial charge in [-0.15, -0.1) is 0 Å². The fraction of sp³-hybridized carbons (Fsp3) is 0.579. The highest BCUT2D eigenvalue weighted by molar-refractivity contribution is 6.34. The molecular weight excluding hydrogens is 336 g/mol. The molecule has 4 rings (SSSR count). The van der Waals surface area contributed by atoms with Crippen LogP contribution in [0.3, 0.4) is 0 Å². The molecular formula is C19H25ClN4O. The SMILES string of the molecule is O=c1[nH]c(C2CCN(CC3CCNCC3)CC2)nc2c(Cl)cccc12. The van der Waals surface area contributed by atoms with Gasteiger partial charge in [-0.3, -0.25) is 4.79 Å². The molecule has 3 heterocycles. The van der Waals surface area contributed by atoms with Gasteiger partial charge in [0.25, 0.3) is 5.56 Å². The number of piperidine rings is 2. The third-order valence-corrected chi connectivity index (χ3v) is 5.96. The Morgan fingerprint density at radius 3 is 2.68 bits per heavy atom. The minimum atomic E-state index is -0.0837. The topological polar surface area (TPSA) is 61.0 Å². The zero-order valence-electron chi connectivity index (χ0n) is 14.4. The average Bonchev–Trinajstić information content (AvgIpc) is 2.64. The summed E-state index contributed by atoms with van der Waals surface area (Å²) in [5.41, 5.74) is 0.541. The van der Waals surface area contributed by atoms with E-state index in [2.05, 4.69) is 20.2 Å². The van der Waals surface area contributed by atoms with Crippen LogP contribution in [0.25, 0.3) is 10.9 Å². The summed E-state index contributed by atoms with van der Waals surface area (Å²) in [6.07, 6.45) is 4.67. The summed E-state index contributed by atoms with van der Waals surface area (Å²) >= 11 is 6.24. The number of benzene rings is 1. The average molecular weight is 361 g/mol. The van der Waals surface area contributed by atoms with Gasteiger partial charge >= 0.3 is 0 Å². The van der Waals surface area contributed by atoms with E-state index in [-0.39, 0.29) is 5.56 Å². The molecule has 0 radical (unpaired) electrons. The van der Waals surface area contributed by atoms with Crippen molar-refractivity contribution in [2.45, 2.75) is 31.6 Å². The van der Waals surface area contributed by atoms with Crippen molar-refractivity contribution in [3.05, 3.63) is 39.4 Å². The second-order valence-electron chi connectivity index (χ2n) is 7.36. The molecule has 2 aliphatic rings. The molecule has 0 unspecified atom stereocenters. The second-order valence-corrected chi connectivity index (χ2v) is 7.76. The van der Waals surface area contributed by atoms with Crippen LogP contribution in [0.4, 0.5) is 0 Å². The number of nitrogens with one attached hydrogen (secondary N) is 2. The Bertz CT molecular complexity index is 792. The Morgan fingerprint density at radius 2 is 1.92 bits per heavy atom. The third kappa shape index (κ3) is 3.73. The first-order valence-corrected chi connectivity index (χ1v) is 9.70. The van der Waals surface area contributed by atoms with Gasteiger partial charge in [0.2, 0.25) is 0 Å². The summed E-state index contributed by atoms with van der Waals surface area (Å²) in [5.74, 6) is 1.94. The van der Waals surface area contributed by atoms with Crippen molar-refractivity contribution in [1.82, 2.24) is 20.2 Å². The van der Waals surface area contributed by atoms with Crippen LogP contribution in [0, 0.1) is 5.92 Å². The first-order chi connectivity index (χ1) is 12.2. The molecule has 0 bridgehead atoms. The summed E-state index contributed by atoms with van der Waals surface area (Å²) in [6.45, 7) is 5.69. The Labute approximate surface area is 152 Å². The number of nitrogens with zero attached hydrogens (tertiary/aromatic N) is 2. The lowest BCUT2D eigenvalue weighted by molar-refractivity contribution is 0.165. The standard InChI is InChI=1S/C19H25ClN4O/c20-16-3-1-2-15-17(16)22-18(23-19(15)25)14-6-10-24(11-7-14)12-13-4-8-21-9-5-13/h1-3,13-14,21H,4-12H2,(H,22,23,25). The molecule has 0 spiro atoms. The highest BCUT2D eigenvalue weighted by atomic mass is 35.5. The van der Waals surface area contributed by atoms with Gasteiger partial charge in [0.15, 0.2) is 0 Å². The van der Waals surface area contributed by atoms with Crippen LogP contribution >= 0.6 is 11.6 Å². The zero-order valence-corrected chi connectivity index (χ0v) is 15.2. The first kappa shape index (κ1) is 17.0. The van der Waals surface area contributed by atoms with Gasteiger partial charge in [0, 0.05) is 12.5 Å². The fourth-order valence-electron chi connectivity index (χ4n) is 4.16. The van der Waals surface area contributed by atoms with Crippen molar-refractivity contribution < 1.29 is 0 Å². The van der Waals surface area contributed by atoms with Crippen LogP contribution < -0.4 is 10.9 Å². The van der Waals surface area contributed by atoms with E-state index in [0.717, 1.165) is 50.8 Å². The Hall–Kier alpha value is -1.43. The molecule has 2 fully saturated rings. The Balaban J connectivity index is 1.44. The zero-order chi connectivity index (χ0) is 17.2. The van der Waals surface area contributed by atoms with Crippen LogP contribution in [0.5, 0.6) is 0 Å². The molecule has 0 aliphatic carbocycles. The summed E-state index contributed by atoms with van der Waals surface area (Å²) in [5, 5.41) is 4.55. The fourth-order valence-corrected chi connectivity index (χ4v) is 4.37. The molecule has 1 aromatic heterocycles. The van der Waals surface area contributed by atoms with Crippen molar-refractivity contribution >= 4 is 22.5 Å². The van der Waals surface area contributed by atoms with E-state index >= 15 is 0 Å². The van der Waals surface area contributed by atoms with Crippen molar-refractivity contribution in [2.75, 3.05) is 32.7 Å².